The average Bonchev–Trinajstić information content (AvgIpc) is 3.06. The number of aromatic nitrogens is 1. The van der Waals surface area contributed by atoms with Crippen LogP contribution in [0.5, 0.6) is 0 Å². The van der Waals surface area contributed by atoms with E-state index < -0.39 is 5.97 Å². The molecule has 2 amide bonds. The van der Waals surface area contributed by atoms with Crippen LogP contribution in [0.15, 0.2) is 6.20 Å². The third-order valence-electron chi connectivity index (χ3n) is 3.68. The Bertz CT molecular complexity index is 517. The van der Waals surface area contributed by atoms with Crippen molar-refractivity contribution >= 4 is 23.3 Å². The van der Waals surface area contributed by atoms with Crippen molar-refractivity contribution in [2.24, 2.45) is 0 Å². The number of aryl methyl sites for hydroxylation is 1. The number of carbonyl (C=O) groups is 2. The molecule has 0 aliphatic carbocycles. The van der Waals surface area contributed by atoms with Crippen LogP contribution in [-0.4, -0.2) is 39.6 Å². The number of hydrogen-bond acceptors (Lipinski definition) is 4. The van der Waals surface area contributed by atoms with Crippen LogP contribution in [0.3, 0.4) is 0 Å². The van der Waals surface area contributed by atoms with Gasteiger partial charge in [0.2, 0.25) is 0 Å². The largest absolute Gasteiger partial charge is 0.481 e. The summed E-state index contributed by atoms with van der Waals surface area (Å²) in [6.07, 6.45) is 4.40. The lowest BCUT2D eigenvalue weighted by Crippen LogP contribution is -2.44. The van der Waals surface area contributed by atoms with Gasteiger partial charge in [-0.2, -0.15) is 0 Å². The zero-order valence-electron chi connectivity index (χ0n) is 12.3. The number of amides is 2. The first kappa shape index (κ1) is 15.8. The molecular weight excluding hydrogens is 290 g/mol. The number of likely N-dealkylation sites (tertiary alicyclic amines) is 1. The number of aliphatic carboxylic acids is 1. The summed E-state index contributed by atoms with van der Waals surface area (Å²) in [5, 5.41) is 12.7. The van der Waals surface area contributed by atoms with Gasteiger partial charge in [-0.05, 0) is 26.2 Å². The van der Waals surface area contributed by atoms with Gasteiger partial charge >= 0.3 is 12.0 Å². The molecule has 0 spiro atoms. The summed E-state index contributed by atoms with van der Waals surface area (Å²) in [5.74, 6) is -0.861. The predicted molar refractivity (Wildman–Crippen MR) is 80.4 cm³/mol. The van der Waals surface area contributed by atoms with Crippen LogP contribution in [0.2, 0.25) is 0 Å². The van der Waals surface area contributed by atoms with Crippen LogP contribution in [-0.2, 0) is 11.2 Å². The normalized spacial score (nSPS) is 19.5. The van der Waals surface area contributed by atoms with Gasteiger partial charge in [-0.1, -0.05) is 6.92 Å². The fourth-order valence-electron chi connectivity index (χ4n) is 2.53. The second-order valence-electron chi connectivity index (χ2n) is 5.28. The minimum absolute atomic E-state index is 0.0129. The molecule has 1 aromatic heterocycles. The van der Waals surface area contributed by atoms with Gasteiger partial charge in [-0.15, -0.1) is 11.3 Å². The number of urea groups is 1. The van der Waals surface area contributed by atoms with E-state index in [9.17, 15) is 9.59 Å². The van der Waals surface area contributed by atoms with Gasteiger partial charge in [0.25, 0.3) is 0 Å². The number of hydrogen-bond donors (Lipinski definition) is 2. The number of carboxylic acid groups (broad SMARTS) is 1. The molecule has 0 radical (unpaired) electrons. The predicted octanol–water partition coefficient (Wildman–Crippen LogP) is 2.42. The third kappa shape index (κ3) is 3.93. The number of carboxylic acids is 1. The standard InChI is InChI=1S/C14H21N3O3S/c1-3-11-8-15-13(21-11)9(2)16-14(20)17-6-4-5-10(17)7-12(18)19/h8-10H,3-7H2,1-2H3,(H,16,20)(H,18,19). The summed E-state index contributed by atoms with van der Waals surface area (Å²) in [7, 11) is 0. The topological polar surface area (TPSA) is 82.5 Å². The zero-order chi connectivity index (χ0) is 15.4. The Morgan fingerprint density at radius 2 is 2.38 bits per heavy atom. The molecule has 2 heterocycles. The molecule has 1 aliphatic rings. The van der Waals surface area contributed by atoms with Crippen molar-refractivity contribution in [3.63, 3.8) is 0 Å². The van der Waals surface area contributed by atoms with E-state index in [2.05, 4.69) is 17.2 Å². The molecule has 2 atom stereocenters. The van der Waals surface area contributed by atoms with Crippen molar-refractivity contribution in [3.8, 4) is 0 Å². The summed E-state index contributed by atoms with van der Waals surface area (Å²) in [6, 6.07) is -0.550. The molecule has 1 aromatic rings. The molecule has 1 aliphatic heterocycles. The molecule has 2 rings (SSSR count). The second-order valence-corrected chi connectivity index (χ2v) is 6.42. The first-order valence-electron chi connectivity index (χ1n) is 7.24. The smallest absolute Gasteiger partial charge is 0.318 e. The van der Waals surface area contributed by atoms with E-state index in [-0.39, 0.29) is 24.5 Å². The van der Waals surface area contributed by atoms with Crippen molar-refractivity contribution in [1.82, 2.24) is 15.2 Å². The number of nitrogens with one attached hydrogen (secondary N) is 1. The van der Waals surface area contributed by atoms with E-state index in [0.29, 0.717) is 6.54 Å². The summed E-state index contributed by atoms with van der Waals surface area (Å²) in [4.78, 5) is 30.3. The summed E-state index contributed by atoms with van der Waals surface area (Å²) >= 11 is 1.60. The molecule has 0 bridgehead atoms. The highest BCUT2D eigenvalue weighted by atomic mass is 32.1. The van der Waals surface area contributed by atoms with Crippen molar-refractivity contribution in [1.29, 1.82) is 0 Å². The SMILES string of the molecule is CCc1cnc(C(C)NC(=O)N2CCCC2CC(=O)O)s1. The third-order valence-corrected chi connectivity index (χ3v) is 5.00. The molecule has 2 N–H and O–H groups in total. The van der Waals surface area contributed by atoms with E-state index in [1.807, 2.05) is 13.1 Å². The van der Waals surface area contributed by atoms with E-state index in [4.69, 9.17) is 5.11 Å². The van der Waals surface area contributed by atoms with Gasteiger partial charge in [-0.25, -0.2) is 9.78 Å². The molecule has 6 nitrogen and oxygen atoms in total. The van der Waals surface area contributed by atoms with Crippen LogP contribution in [0.25, 0.3) is 0 Å². The van der Waals surface area contributed by atoms with Crippen molar-refractivity contribution in [3.05, 3.63) is 16.1 Å². The average molecular weight is 311 g/mol. The van der Waals surface area contributed by atoms with E-state index in [0.717, 1.165) is 24.3 Å². The van der Waals surface area contributed by atoms with Crippen LogP contribution < -0.4 is 5.32 Å². The van der Waals surface area contributed by atoms with Crippen molar-refractivity contribution in [2.45, 2.75) is 51.6 Å². The molecule has 0 saturated carbocycles. The lowest BCUT2D eigenvalue weighted by molar-refractivity contribution is -0.137. The van der Waals surface area contributed by atoms with E-state index >= 15 is 0 Å². The fraction of sp³-hybridized carbons (Fsp3) is 0.643. The van der Waals surface area contributed by atoms with Gasteiger partial charge < -0.3 is 15.3 Å². The van der Waals surface area contributed by atoms with Gasteiger partial charge in [0, 0.05) is 23.7 Å². The maximum absolute atomic E-state index is 12.3. The Morgan fingerprint density at radius 3 is 3.00 bits per heavy atom. The van der Waals surface area contributed by atoms with E-state index in [1.54, 1.807) is 16.2 Å². The van der Waals surface area contributed by atoms with Crippen LogP contribution in [0, 0.1) is 0 Å². The Balaban J connectivity index is 1.95. The maximum atomic E-state index is 12.3. The molecule has 1 saturated heterocycles. The summed E-state index contributed by atoms with van der Waals surface area (Å²) in [5.41, 5.74) is 0. The van der Waals surface area contributed by atoms with Crippen LogP contribution in [0.1, 0.15) is 49.0 Å². The maximum Gasteiger partial charge on any atom is 0.318 e. The highest BCUT2D eigenvalue weighted by Crippen LogP contribution is 2.23. The Labute approximate surface area is 128 Å². The van der Waals surface area contributed by atoms with E-state index in [1.165, 1.54) is 4.88 Å². The lowest BCUT2D eigenvalue weighted by atomic mass is 10.1. The molecular formula is C14H21N3O3S. The first-order chi connectivity index (χ1) is 10.0. The highest BCUT2D eigenvalue weighted by molar-refractivity contribution is 7.11. The Morgan fingerprint density at radius 1 is 1.62 bits per heavy atom. The fourth-order valence-corrected chi connectivity index (χ4v) is 3.39. The van der Waals surface area contributed by atoms with Crippen LogP contribution >= 0.6 is 11.3 Å². The first-order valence-corrected chi connectivity index (χ1v) is 8.06. The monoisotopic (exact) mass is 311 g/mol. The van der Waals surface area contributed by atoms with Crippen LogP contribution in [0.4, 0.5) is 4.79 Å². The molecule has 116 valence electrons. The van der Waals surface area contributed by atoms with Gasteiger partial charge in [-0.3, -0.25) is 4.79 Å². The summed E-state index contributed by atoms with van der Waals surface area (Å²) in [6.45, 7) is 4.59. The number of thiazole rings is 1. The number of carbonyl (C=O) groups excluding carboxylic acids is 1. The molecule has 1 fully saturated rings. The minimum Gasteiger partial charge on any atom is -0.481 e. The quantitative estimate of drug-likeness (QED) is 0.875. The summed E-state index contributed by atoms with van der Waals surface area (Å²) < 4.78 is 0. The van der Waals surface area contributed by atoms with Gasteiger partial charge in [0.05, 0.1) is 12.5 Å². The number of rotatable bonds is 5. The van der Waals surface area contributed by atoms with Crippen molar-refractivity contribution < 1.29 is 14.7 Å². The zero-order valence-corrected chi connectivity index (χ0v) is 13.2. The van der Waals surface area contributed by atoms with Gasteiger partial charge in [0.15, 0.2) is 0 Å². The second kappa shape index (κ2) is 6.89. The number of nitrogens with zero attached hydrogens (tertiary/aromatic N) is 2. The lowest BCUT2D eigenvalue weighted by Gasteiger charge is -2.25. The Kier molecular flexibility index (Phi) is 5.17. The molecule has 7 heteroatoms. The molecule has 0 aromatic carbocycles. The Hall–Kier alpha value is -1.63. The molecule has 2 unspecified atom stereocenters. The molecule has 21 heavy (non-hydrogen) atoms. The van der Waals surface area contributed by atoms with Gasteiger partial charge in [0.1, 0.15) is 5.01 Å². The minimum atomic E-state index is -0.861. The van der Waals surface area contributed by atoms with Crippen molar-refractivity contribution in [2.75, 3.05) is 6.54 Å². The highest BCUT2D eigenvalue weighted by Gasteiger charge is 2.31.